The largest absolute Gasteiger partial charge is 0.391 e. The summed E-state index contributed by atoms with van der Waals surface area (Å²) < 4.78 is 10.4. The summed E-state index contributed by atoms with van der Waals surface area (Å²) in [6, 6.07) is -0.672. The van der Waals surface area contributed by atoms with Gasteiger partial charge in [-0.15, -0.1) is 0 Å². The molecule has 1 aromatic rings. The Balaban J connectivity index is 2.94. The third-order valence-electron chi connectivity index (χ3n) is 2.52. The minimum atomic E-state index is -0.737. The second-order valence-electron chi connectivity index (χ2n) is 5.24. The van der Waals surface area contributed by atoms with Crippen molar-refractivity contribution < 1.29 is 14.4 Å². The first-order valence-corrected chi connectivity index (χ1v) is 5.57. The smallest absolute Gasteiger partial charge is 0.246 e. The van der Waals surface area contributed by atoms with Crippen molar-refractivity contribution in [3.05, 3.63) is 11.7 Å². The van der Waals surface area contributed by atoms with Gasteiger partial charge >= 0.3 is 0 Å². The number of aromatic nitrogens is 2. The third kappa shape index (κ3) is 3.24. The van der Waals surface area contributed by atoms with Crippen molar-refractivity contribution in [2.24, 2.45) is 11.1 Å². The van der Waals surface area contributed by atoms with Gasteiger partial charge in [-0.05, 0) is 12.3 Å². The molecule has 0 aliphatic carbocycles. The molecule has 0 aromatic carbocycles. The fourth-order valence-corrected chi connectivity index (χ4v) is 1.54. The molecule has 0 amide bonds. The maximum absolute atomic E-state index is 9.36. The van der Waals surface area contributed by atoms with Crippen LogP contribution in [0.25, 0.3) is 0 Å². The highest BCUT2D eigenvalue weighted by Gasteiger charge is 2.31. The van der Waals surface area contributed by atoms with Gasteiger partial charge < -0.3 is 20.1 Å². The number of hydrogen-bond acceptors (Lipinski definition) is 6. The summed E-state index contributed by atoms with van der Waals surface area (Å²) in [4.78, 5) is 4.18. The minimum absolute atomic E-state index is 0.148. The molecule has 3 unspecified atom stereocenters. The molecule has 0 bridgehead atoms. The lowest BCUT2D eigenvalue weighted by Crippen LogP contribution is -2.24. The van der Waals surface area contributed by atoms with E-state index in [9.17, 15) is 5.11 Å². The Kier molecular flexibility index (Phi) is 4.24. The van der Waals surface area contributed by atoms with Gasteiger partial charge in [0.05, 0.1) is 6.10 Å². The van der Waals surface area contributed by atoms with Gasteiger partial charge in [-0.1, -0.05) is 25.9 Å². The van der Waals surface area contributed by atoms with E-state index >= 15 is 0 Å². The second kappa shape index (κ2) is 5.12. The Morgan fingerprint density at radius 2 is 2.00 bits per heavy atom. The molecule has 1 heterocycles. The minimum Gasteiger partial charge on any atom is -0.391 e. The highest BCUT2D eigenvalue weighted by molar-refractivity contribution is 4.99. The van der Waals surface area contributed by atoms with Crippen molar-refractivity contribution in [3.8, 4) is 0 Å². The molecule has 3 N–H and O–H groups in total. The van der Waals surface area contributed by atoms with E-state index in [0.29, 0.717) is 5.82 Å². The van der Waals surface area contributed by atoms with Crippen molar-refractivity contribution >= 4 is 0 Å². The molecule has 0 fully saturated rings. The quantitative estimate of drug-likeness (QED) is 0.824. The average molecular weight is 243 g/mol. The van der Waals surface area contributed by atoms with E-state index in [2.05, 4.69) is 10.1 Å². The first kappa shape index (κ1) is 14.1. The zero-order chi connectivity index (χ0) is 13.2. The van der Waals surface area contributed by atoms with Crippen molar-refractivity contribution in [3.63, 3.8) is 0 Å². The van der Waals surface area contributed by atoms with Gasteiger partial charge in [0.1, 0.15) is 12.1 Å². The lowest BCUT2D eigenvalue weighted by Gasteiger charge is -2.26. The summed E-state index contributed by atoms with van der Waals surface area (Å²) in [5.74, 6) is 0.674. The Labute approximate surface area is 101 Å². The molecular formula is C11H21N3O3. The summed E-state index contributed by atoms with van der Waals surface area (Å²) in [7, 11) is 1.60. The maximum atomic E-state index is 9.36. The van der Waals surface area contributed by atoms with E-state index in [0.717, 1.165) is 0 Å². The molecular weight excluding hydrogens is 222 g/mol. The number of ether oxygens (including phenoxy) is 1. The van der Waals surface area contributed by atoms with Gasteiger partial charge in [-0.3, -0.25) is 0 Å². The van der Waals surface area contributed by atoms with E-state index in [4.69, 9.17) is 15.0 Å². The fourth-order valence-electron chi connectivity index (χ4n) is 1.54. The van der Waals surface area contributed by atoms with Crippen LogP contribution in [-0.4, -0.2) is 28.5 Å². The van der Waals surface area contributed by atoms with Gasteiger partial charge in [0.15, 0.2) is 0 Å². The molecule has 6 nitrogen and oxygen atoms in total. The van der Waals surface area contributed by atoms with Gasteiger partial charge in [-0.25, -0.2) is 0 Å². The Bertz CT molecular complexity index is 357. The number of hydrogen-bond donors (Lipinski definition) is 2. The fraction of sp³-hybridized carbons (Fsp3) is 0.818. The van der Waals surface area contributed by atoms with Crippen LogP contribution < -0.4 is 5.73 Å². The van der Waals surface area contributed by atoms with Crippen molar-refractivity contribution in [2.75, 3.05) is 7.11 Å². The van der Waals surface area contributed by atoms with Crippen LogP contribution in [0, 0.1) is 5.41 Å². The van der Waals surface area contributed by atoms with Crippen LogP contribution in [0.15, 0.2) is 4.52 Å². The third-order valence-corrected chi connectivity index (χ3v) is 2.52. The van der Waals surface area contributed by atoms with Gasteiger partial charge in [0.2, 0.25) is 11.7 Å². The zero-order valence-electron chi connectivity index (χ0n) is 11.0. The van der Waals surface area contributed by atoms with Crippen LogP contribution in [0.2, 0.25) is 0 Å². The molecule has 0 aliphatic rings. The van der Waals surface area contributed by atoms with E-state index in [1.54, 1.807) is 14.0 Å². The normalized spacial score (nSPS) is 17.8. The van der Waals surface area contributed by atoms with Crippen LogP contribution in [0.1, 0.15) is 51.6 Å². The molecule has 6 heteroatoms. The number of methoxy groups -OCH3 is 1. The van der Waals surface area contributed by atoms with E-state index in [1.165, 1.54) is 0 Å². The van der Waals surface area contributed by atoms with Crippen LogP contribution in [0.3, 0.4) is 0 Å². The molecule has 0 spiro atoms. The van der Waals surface area contributed by atoms with Crippen molar-refractivity contribution in [2.45, 2.75) is 45.9 Å². The van der Waals surface area contributed by atoms with E-state index < -0.39 is 12.1 Å². The molecule has 0 saturated heterocycles. The SMILES string of the molecule is COC(c1noc(C(N)C(C)O)n1)C(C)(C)C. The first-order chi connectivity index (χ1) is 7.77. The van der Waals surface area contributed by atoms with Crippen LogP contribution in [0.5, 0.6) is 0 Å². The summed E-state index contributed by atoms with van der Waals surface area (Å²) in [6.07, 6.45) is -1.01. The molecule has 0 radical (unpaired) electrons. The molecule has 17 heavy (non-hydrogen) atoms. The average Bonchev–Trinajstić information content (AvgIpc) is 2.64. The molecule has 0 saturated carbocycles. The topological polar surface area (TPSA) is 94.4 Å². The van der Waals surface area contributed by atoms with E-state index in [1.807, 2.05) is 20.8 Å². The zero-order valence-corrected chi connectivity index (χ0v) is 11.0. The Morgan fingerprint density at radius 3 is 2.41 bits per heavy atom. The molecule has 98 valence electrons. The molecule has 1 aromatic heterocycles. The number of nitrogens with two attached hydrogens (primary N) is 1. The predicted molar refractivity (Wildman–Crippen MR) is 62.1 cm³/mol. The number of nitrogens with zero attached hydrogens (tertiary/aromatic N) is 2. The molecule has 0 aliphatic heterocycles. The van der Waals surface area contributed by atoms with Crippen molar-refractivity contribution in [1.82, 2.24) is 10.1 Å². The highest BCUT2D eigenvalue weighted by Crippen LogP contribution is 2.34. The number of rotatable bonds is 4. The molecule has 3 atom stereocenters. The summed E-state index contributed by atoms with van der Waals surface area (Å²) in [6.45, 7) is 7.63. The monoisotopic (exact) mass is 243 g/mol. The Morgan fingerprint density at radius 1 is 1.41 bits per heavy atom. The Hall–Kier alpha value is -0.980. The van der Waals surface area contributed by atoms with Gasteiger partial charge in [0, 0.05) is 7.11 Å². The van der Waals surface area contributed by atoms with Crippen molar-refractivity contribution in [1.29, 1.82) is 0 Å². The van der Waals surface area contributed by atoms with Crippen LogP contribution in [-0.2, 0) is 4.74 Å². The van der Waals surface area contributed by atoms with E-state index in [-0.39, 0.29) is 17.4 Å². The summed E-state index contributed by atoms with van der Waals surface area (Å²) in [5, 5.41) is 13.2. The van der Waals surface area contributed by atoms with Gasteiger partial charge in [-0.2, -0.15) is 4.98 Å². The summed E-state index contributed by atoms with van der Waals surface area (Å²) in [5.41, 5.74) is 5.57. The lowest BCUT2D eigenvalue weighted by atomic mass is 9.88. The summed E-state index contributed by atoms with van der Waals surface area (Å²) >= 11 is 0. The highest BCUT2D eigenvalue weighted by atomic mass is 16.5. The molecule has 1 rings (SSSR count). The maximum Gasteiger partial charge on any atom is 0.246 e. The number of aliphatic hydroxyl groups is 1. The predicted octanol–water partition coefficient (Wildman–Crippen LogP) is 1.18. The second-order valence-corrected chi connectivity index (χ2v) is 5.24. The first-order valence-electron chi connectivity index (χ1n) is 5.57. The van der Waals surface area contributed by atoms with Crippen LogP contribution >= 0.6 is 0 Å². The van der Waals surface area contributed by atoms with Gasteiger partial charge in [0.25, 0.3) is 0 Å². The number of aliphatic hydroxyl groups excluding tert-OH is 1. The van der Waals surface area contributed by atoms with Crippen LogP contribution in [0.4, 0.5) is 0 Å². The lowest BCUT2D eigenvalue weighted by molar-refractivity contribution is 0.00718. The standard InChI is InChI=1S/C11H21N3O3/c1-6(15)7(12)10-13-9(14-17-10)8(16-5)11(2,3)4/h6-8,15H,12H2,1-5H3.